The van der Waals surface area contributed by atoms with Crippen molar-refractivity contribution in [3.8, 4) is 0 Å². The van der Waals surface area contributed by atoms with E-state index in [4.69, 9.17) is 16.3 Å². The Balaban J connectivity index is 1.98. The van der Waals surface area contributed by atoms with Crippen LogP contribution in [0.25, 0.3) is 0 Å². The molecule has 2 aliphatic heterocycles. The largest absolute Gasteiger partial charge is 0.381 e. The molecule has 2 heterocycles. The van der Waals surface area contributed by atoms with Gasteiger partial charge in [0.25, 0.3) is 0 Å². The molecule has 3 rings (SSSR count). The van der Waals surface area contributed by atoms with Crippen molar-refractivity contribution >= 4 is 29.2 Å². The van der Waals surface area contributed by atoms with Gasteiger partial charge in [-0.2, -0.15) is 0 Å². The van der Waals surface area contributed by atoms with Gasteiger partial charge in [0.15, 0.2) is 0 Å². The third kappa shape index (κ3) is 2.07. The number of nitrogens with one attached hydrogen (secondary N) is 1. The van der Waals surface area contributed by atoms with E-state index in [1.165, 1.54) is 0 Å². The first-order chi connectivity index (χ1) is 9.64. The van der Waals surface area contributed by atoms with Gasteiger partial charge in [-0.05, 0) is 25.0 Å². The highest BCUT2D eigenvalue weighted by atomic mass is 35.5. The lowest BCUT2D eigenvalue weighted by Gasteiger charge is -2.42. The predicted octanol–water partition coefficient (Wildman–Crippen LogP) is 2.19. The summed E-state index contributed by atoms with van der Waals surface area (Å²) in [6.07, 6.45) is 1.24. The fourth-order valence-electron chi connectivity index (χ4n) is 2.73. The Morgan fingerprint density at radius 3 is 2.60 bits per heavy atom. The van der Waals surface area contributed by atoms with E-state index in [1.54, 1.807) is 24.3 Å². The van der Waals surface area contributed by atoms with Crippen LogP contribution in [-0.2, 0) is 9.53 Å². The summed E-state index contributed by atoms with van der Waals surface area (Å²) in [5.41, 5.74) is -0.132. The Hall–Kier alpha value is -1.59. The van der Waals surface area contributed by atoms with E-state index in [0.29, 0.717) is 43.3 Å². The Morgan fingerprint density at radius 1 is 1.20 bits per heavy atom. The van der Waals surface area contributed by atoms with Crippen LogP contribution in [0.5, 0.6) is 0 Å². The molecule has 106 valence electrons. The van der Waals surface area contributed by atoms with Gasteiger partial charge in [0.2, 0.25) is 5.91 Å². The first-order valence-electron chi connectivity index (χ1n) is 6.59. The van der Waals surface area contributed by atoms with Gasteiger partial charge in [-0.1, -0.05) is 23.7 Å². The van der Waals surface area contributed by atoms with Crippen molar-refractivity contribution in [1.29, 1.82) is 0 Å². The summed E-state index contributed by atoms with van der Waals surface area (Å²) in [5.74, 6) is -0.183. The number of anilines is 1. The fourth-order valence-corrected chi connectivity index (χ4v) is 2.95. The molecule has 0 aromatic heterocycles. The number of amides is 3. The summed E-state index contributed by atoms with van der Waals surface area (Å²) in [4.78, 5) is 26.1. The van der Waals surface area contributed by atoms with Crippen LogP contribution in [0.4, 0.5) is 10.5 Å². The summed E-state index contributed by atoms with van der Waals surface area (Å²) >= 11 is 6.12. The number of halogens is 1. The zero-order chi connectivity index (χ0) is 14.2. The normalized spacial score (nSPS) is 21.9. The molecule has 20 heavy (non-hydrogen) atoms. The number of carbonyl (C=O) groups excluding carboxylic acids is 2. The highest BCUT2D eigenvalue weighted by Gasteiger charge is 2.48. The molecular formula is C14H15ClN2O3. The molecule has 2 fully saturated rings. The summed E-state index contributed by atoms with van der Waals surface area (Å²) in [7, 11) is 0. The van der Waals surface area contributed by atoms with Crippen LogP contribution in [0.3, 0.4) is 0 Å². The van der Waals surface area contributed by atoms with Crippen molar-refractivity contribution in [1.82, 2.24) is 5.32 Å². The van der Waals surface area contributed by atoms with E-state index in [0.717, 1.165) is 4.90 Å². The molecule has 0 saturated carbocycles. The molecule has 1 N–H and O–H groups in total. The Labute approximate surface area is 121 Å². The Morgan fingerprint density at radius 2 is 1.90 bits per heavy atom. The number of imide groups is 1. The zero-order valence-corrected chi connectivity index (χ0v) is 11.7. The molecule has 2 saturated heterocycles. The van der Waals surface area contributed by atoms with Crippen LogP contribution >= 0.6 is 11.6 Å². The maximum absolute atomic E-state index is 12.8. The molecule has 0 atom stereocenters. The standard InChI is InChI=1S/C14H15ClN2O3/c15-10-3-1-2-4-11(10)17-12(18)14(9-16-13(17)19)5-7-20-8-6-14/h1-4H,5-9H2,(H,16,19). The van der Waals surface area contributed by atoms with Crippen LogP contribution in [0.1, 0.15) is 12.8 Å². The molecule has 2 aliphatic rings. The second-order valence-electron chi connectivity index (χ2n) is 5.14. The minimum atomic E-state index is -0.564. The summed E-state index contributed by atoms with van der Waals surface area (Å²) in [6.45, 7) is 1.45. The number of rotatable bonds is 1. The molecule has 1 aromatic rings. The van der Waals surface area contributed by atoms with Gasteiger partial charge in [0.1, 0.15) is 0 Å². The molecule has 0 radical (unpaired) electrons. The molecular weight excluding hydrogens is 280 g/mol. The van der Waals surface area contributed by atoms with Crippen LogP contribution in [0.15, 0.2) is 24.3 Å². The highest BCUT2D eigenvalue weighted by Crippen LogP contribution is 2.38. The van der Waals surface area contributed by atoms with Crippen molar-refractivity contribution in [2.45, 2.75) is 12.8 Å². The van der Waals surface area contributed by atoms with Gasteiger partial charge in [-0.3, -0.25) is 4.79 Å². The van der Waals surface area contributed by atoms with Gasteiger partial charge in [-0.25, -0.2) is 9.69 Å². The van der Waals surface area contributed by atoms with E-state index in [2.05, 4.69) is 5.32 Å². The molecule has 0 aliphatic carbocycles. The zero-order valence-electron chi connectivity index (χ0n) is 10.9. The van der Waals surface area contributed by atoms with E-state index >= 15 is 0 Å². The maximum atomic E-state index is 12.8. The second-order valence-corrected chi connectivity index (χ2v) is 5.55. The summed E-state index contributed by atoms with van der Waals surface area (Å²) in [6, 6.07) is 6.45. The van der Waals surface area contributed by atoms with Crippen LogP contribution in [-0.4, -0.2) is 31.7 Å². The minimum absolute atomic E-state index is 0.183. The number of para-hydroxylation sites is 1. The number of carbonyl (C=O) groups is 2. The van der Waals surface area contributed by atoms with E-state index in [1.807, 2.05) is 0 Å². The topological polar surface area (TPSA) is 58.6 Å². The average Bonchev–Trinajstić information content (AvgIpc) is 2.47. The number of benzene rings is 1. The van der Waals surface area contributed by atoms with Crippen molar-refractivity contribution in [2.24, 2.45) is 5.41 Å². The fraction of sp³-hybridized carbons (Fsp3) is 0.429. The maximum Gasteiger partial charge on any atom is 0.328 e. The number of urea groups is 1. The van der Waals surface area contributed by atoms with Gasteiger partial charge >= 0.3 is 6.03 Å². The summed E-state index contributed by atoms with van der Waals surface area (Å²) in [5, 5.41) is 3.19. The van der Waals surface area contributed by atoms with E-state index in [-0.39, 0.29) is 5.91 Å². The van der Waals surface area contributed by atoms with Gasteiger partial charge in [0.05, 0.1) is 16.1 Å². The number of hydrogen-bond acceptors (Lipinski definition) is 3. The van der Waals surface area contributed by atoms with Crippen molar-refractivity contribution in [3.05, 3.63) is 29.3 Å². The van der Waals surface area contributed by atoms with E-state index < -0.39 is 11.4 Å². The number of hydrogen-bond donors (Lipinski definition) is 1. The van der Waals surface area contributed by atoms with Gasteiger partial charge in [-0.15, -0.1) is 0 Å². The lowest BCUT2D eigenvalue weighted by Crippen LogP contribution is -2.62. The predicted molar refractivity (Wildman–Crippen MR) is 74.8 cm³/mol. The Bertz CT molecular complexity index is 555. The van der Waals surface area contributed by atoms with Crippen molar-refractivity contribution in [3.63, 3.8) is 0 Å². The van der Waals surface area contributed by atoms with Crippen LogP contribution in [0, 0.1) is 5.41 Å². The average molecular weight is 295 g/mol. The quantitative estimate of drug-likeness (QED) is 0.864. The van der Waals surface area contributed by atoms with Gasteiger partial charge < -0.3 is 10.1 Å². The third-order valence-electron chi connectivity index (χ3n) is 3.98. The molecule has 0 unspecified atom stereocenters. The SMILES string of the molecule is O=C1NCC2(CCOCC2)C(=O)N1c1ccccc1Cl. The number of nitrogens with zero attached hydrogens (tertiary/aromatic N) is 1. The molecule has 3 amide bonds. The third-order valence-corrected chi connectivity index (χ3v) is 4.30. The first kappa shape index (κ1) is 13.4. The molecule has 0 bridgehead atoms. The van der Waals surface area contributed by atoms with Gasteiger partial charge in [0, 0.05) is 19.8 Å². The van der Waals surface area contributed by atoms with Crippen LogP contribution in [0.2, 0.25) is 5.02 Å². The van der Waals surface area contributed by atoms with Crippen molar-refractivity contribution in [2.75, 3.05) is 24.7 Å². The molecule has 5 nitrogen and oxygen atoms in total. The molecule has 6 heteroatoms. The smallest absolute Gasteiger partial charge is 0.328 e. The van der Waals surface area contributed by atoms with Crippen LogP contribution < -0.4 is 10.2 Å². The monoisotopic (exact) mass is 294 g/mol. The summed E-state index contributed by atoms with van der Waals surface area (Å²) < 4.78 is 5.33. The Kier molecular flexibility index (Phi) is 3.40. The lowest BCUT2D eigenvalue weighted by molar-refractivity contribution is -0.133. The molecule has 1 spiro atoms. The highest BCUT2D eigenvalue weighted by molar-refractivity contribution is 6.35. The van der Waals surface area contributed by atoms with E-state index in [9.17, 15) is 9.59 Å². The lowest BCUT2D eigenvalue weighted by atomic mass is 9.77. The second kappa shape index (κ2) is 5.07. The minimum Gasteiger partial charge on any atom is -0.381 e. The van der Waals surface area contributed by atoms with Crippen molar-refractivity contribution < 1.29 is 14.3 Å². The molecule has 1 aromatic carbocycles. The number of ether oxygens (including phenoxy) is 1. The first-order valence-corrected chi connectivity index (χ1v) is 6.96.